The van der Waals surface area contributed by atoms with E-state index >= 15 is 0 Å². The quantitative estimate of drug-likeness (QED) is 0.849. The monoisotopic (exact) mass is 241 g/mol. The summed E-state index contributed by atoms with van der Waals surface area (Å²) in [5.74, 6) is -3.04. The first kappa shape index (κ1) is 14.2. The van der Waals surface area contributed by atoms with Crippen LogP contribution in [-0.4, -0.2) is 11.7 Å². The van der Waals surface area contributed by atoms with Crippen LogP contribution in [0.3, 0.4) is 0 Å². The summed E-state index contributed by atoms with van der Waals surface area (Å²) in [4.78, 5) is 0. The fraction of sp³-hybridized carbons (Fsp3) is 0.333. The lowest BCUT2D eigenvalue weighted by molar-refractivity contribution is 0.274. The third kappa shape index (κ3) is 3.37. The van der Waals surface area contributed by atoms with Gasteiger partial charge >= 0.3 is 0 Å². The topological polar surface area (TPSA) is 46.2 Å². The molecule has 0 aliphatic heterocycles. The highest BCUT2D eigenvalue weighted by Gasteiger charge is 2.17. The third-order valence-corrected chi connectivity index (χ3v) is 1.85. The summed E-state index contributed by atoms with van der Waals surface area (Å²) in [6, 6.07) is 0.172. The van der Waals surface area contributed by atoms with Gasteiger partial charge in [-0.15, -0.1) is 12.4 Å². The number of halogens is 4. The number of hydrogen-bond acceptors (Lipinski definition) is 2. The van der Waals surface area contributed by atoms with E-state index in [0.29, 0.717) is 12.1 Å². The first-order chi connectivity index (χ1) is 6.56. The van der Waals surface area contributed by atoms with E-state index in [4.69, 9.17) is 10.8 Å². The van der Waals surface area contributed by atoms with Gasteiger partial charge in [0.25, 0.3) is 0 Å². The predicted molar refractivity (Wildman–Crippen MR) is 52.2 cm³/mol. The number of aliphatic hydroxyl groups is 1. The van der Waals surface area contributed by atoms with E-state index in [2.05, 4.69) is 0 Å². The number of rotatable bonds is 3. The molecule has 0 aliphatic rings. The van der Waals surface area contributed by atoms with Crippen molar-refractivity contribution in [2.75, 3.05) is 6.61 Å². The SMILES string of the molecule is Cl.N[C@H](CCO)c1c(F)cc(F)cc1F. The predicted octanol–water partition coefficient (Wildman–Crippen LogP) is 1.91. The molecule has 0 unspecified atom stereocenters. The molecule has 0 saturated carbocycles. The smallest absolute Gasteiger partial charge is 0.133 e. The van der Waals surface area contributed by atoms with Crippen molar-refractivity contribution < 1.29 is 18.3 Å². The molecule has 0 radical (unpaired) electrons. The zero-order valence-electron chi connectivity index (χ0n) is 7.71. The molecule has 0 spiro atoms. The zero-order chi connectivity index (χ0) is 10.7. The van der Waals surface area contributed by atoms with Crippen LogP contribution in [0.25, 0.3) is 0 Å². The van der Waals surface area contributed by atoms with Gasteiger partial charge in [0.15, 0.2) is 0 Å². The molecular weight excluding hydrogens is 231 g/mol. The van der Waals surface area contributed by atoms with Crippen LogP contribution in [-0.2, 0) is 0 Å². The maximum atomic E-state index is 13.0. The number of benzene rings is 1. The third-order valence-electron chi connectivity index (χ3n) is 1.85. The van der Waals surface area contributed by atoms with Crippen molar-refractivity contribution in [1.29, 1.82) is 0 Å². The molecule has 0 amide bonds. The van der Waals surface area contributed by atoms with Gasteiger partial charge in [-0.05, 0) is 6.42 Å². The normalized spacial score (nSPS) is 12.1. The first-order valence-electron chi connectivity index (χ1n) is 4.07. The molecule has 1 aromatic carbocycles. The Balaban J connectivity index is 0.00000196. The van der Waals surface area contributed by atoms with Gasteiger partial charge in [-0.1, -0.05) is 0 Å². The van der Waals surface area contributed by atoms with E-state index in [1.807, 2.05) is 0 Å². The van der Waals surface area contributed by atoms with Crippen molar-refractivity contribution in [2.45, 2.75) is 12.5 Å². The molecule has 0 aliphatic carbocycles. The summed E-state index contributed by atoms with van der Waals surface area (Å²) in [6.45, 7) is -0.280. The van der Waals surface area contributed by atoms with Gasteiger partial charge in [0.1, 0.15) is 17.5 Å². The highest BCUT2D eigenvalue weighted by Crippen LogP contribution is 2.22. The largest absolute Gasteiger partial charge is 0.396 e. The maximum Gasteiger partial charge on any atom is 0.133 e. The van der Waals surface area contributed by atoms with Crippen molar-refractivity contribution in [1.82, 2.24) is 0 Å². The number of nitrogens with two attached hydrogens (primary N) is 1. The van der Waals surface area contributed by atoms with Crippen LogP contribution in [0.2, 0.25) is 0 Å². The Kier molecular flexibility index (Phi) is 5.64. The van der Waals surface area contributed by atoms with Crippen LogP contribution in [0.1, 0.15) is 18.0 Å². The standard InChI is InChI=1S/C9H10F3NO.ClH/c10-5-3-6(11)9(7(12)4-5)8(13)1-2-14;/h3-4,8,14H,1-2,13H2;1H/t8-;/m1./s1. The van der Waals surface area contributed by atoms with Crippen LogP contribution in [0, 0.1) is 17.5 Å². The average Bonchev–Trinajstić information content (AvgIpc) is 2.01. The molecule has 6 heteroatoms. The highest BCUT2D eigenvalue weighted by molar-refractivity contribution is 5.85. The average molecular weight is 242 g/mol. The van der Waals surface area contributed by atoms with Crippen molar-refractivity contribution in [2.24, 2.45) is 5.73 Å². The molecule has 15 heavy (non-hydrogen) atoms. The molecule has 1 aromatic rings. The number of hydrogen-bond donors (Lipinski definition) is 2. The fourth-order valence-corrected chi connectivity index (χ4v) is 1.19. The molecule has 1 atom stereocenters. The van der Waals surface area contributed by atoms with Gasteiger partial charge in [0.2, 0.25) is 0 Å². The van der Waals surface area contributed by atoms with Crippen LogP contribution >= 0.6 is 12.4 Å². The van der Waals surface area contributed by atoms with E-state index in [9.17, 15) is 13.2 Å². The van der Waals surface area contributed by atoms with Crippen LogP contribution in [0.4, 0.5) is 13.2 Å². The Morgan fingerprint density at radius 1 is 1.20 bits per heavy atom. The van der Waals surface area contributed by atoms with Crippen LogP contribution in [0.5, 0.6) is 0 Å². The minimum Gasteiger partial charge on any atom is -0.396 e. The second kappa shape index (κ2) is 5.95. The second-order valence-electron chi connectivity index (χ2n) is 2.90. The van der Waals surface area contributed by atoms with E-state index in [-0.39, 0.29) is 31.0 Å². The summed E-state index contributed by atoms with van der Waals surface area (Å²) in [6.07, 6.45) is 0.0273. The van der Waals surface area contributed by atoms with Gasteiger partial charge in [0.05, 0.1) is 0 Å². The Bertz CT molecular complexity index is 312. The lowest BCUT2D eigenvalue weighted by atomic mass is 10.0. The van der Waals surface area contributed by atoms with Crippen molar-refractivity contribution >= 4 is 12.4 Å². The van der Waals surface area contributed by atoms with Gasteiger partial charge in [0, 0.05) is 30.3 Å². The Morgan fingerprint density at radius 3 is 2.07 bits per heavy atom. The molecular formula is C9H11ClF3NO. The van der Waals surface area contributed by atoms with E-state index in [0.717, 1.165) is 0 Å². The number of aliphatic hydroxyl groups excluding tert-OH is 1. The van der Waals surface area contributed by atoms with Crippen molar-refractivity contribution in [3.8, 4) is 0 Å². The van der Waals surface area contributed by atoms with Crippen LogP contribution < -0.4 is 5.73 Å². The molecule has 0 fully saturated rings. The summed E-state index contributed by atoms with van der Waals surface area (Å²) in [5, 5.41) is 8.54. The maximum absolute atomic E-state index is 13.0. The first-order valence-corrected chi connectivity index (χ1v) is 4.07. The van der Waals surface area contributed by atoms with Crippen molar-refractivity contribution in [3.05, 3.63) is 35.1 Å². The molecule has 3 N–H and O–H groups in total. The van der Waals surface area contributed by atoms with Gasteiger partial charge in [-0.25, -0.2) is 13.2 Å². The summed E-state index contributed by atoms with van der Waals surface area (Å²) in [7, 11) is 0. The Labute approximate surface area is 91.3 Å². The lowest BCUT2D eigenvalue weighted by Gasteiger charge is -2.12. The Hall–Kier alpha value is -0.780. The lowest BCUT2D eigenvalue weighted by Crippen LogP contribution is -2.16. The molecule has 0 heterocycles. The minimum absolute atomic E-state index is 0. The Morgan fingerprint density at radius 2 is 1.67 bits per heavy atom. The highest BCUT2D eigenvalue weighted by atomic mass is 35.5. The molecule has 0 saturated heterocycles. The molecule has 86 valence electrons. The molecule has 2 nitrogen and oxygen atoms in total. The van der Waals surface area contributed by atoms with E-state index < -0.39 is 23.5 Å². The van der Waals surface area contributed by atoms with Gasteiger partial charge in [-0.2, -0.15) is 0 Å². The van der Waals surface area contributed by atoms with Gasteiger partial charge < -0.3 is 10.8 Å². The fourth-order valence-electron chi connectivity index (χ4n) is 1.19. The minimum atomic E-state index is -1.02. The van der Waals surface area contributed by atoms with Crippen LogP contribution in [0.15, 0.2) is 12.1 Å². The van der Waals surface area contributed by atoms with E-state index in [1.54, 1.807) is 0 Å². The molecule has 0 bridgehead atoms. The summed E-state index contributed by atoms with van der Waals surface area (Å²) < 4.78 is 38.6. The zero-order valence-corrected chi connectivity index (χ0v) is 8.53. The second-order valence-corrected chi connectivity index (χ2v) is 2.90. The molecule has 1 rings (SSSR count). The summed E-state index contributed by atoms with van der Waals surface area (Å²) >= 11 is 0. The van der Waals surface area contributed by atoms with E-state index in [1.165, 1.54) is 0 Å². The summed E-state index contributed by atoms with van der Waals surface area (Å²) in [5.41, 5.74) is 5.01. The van der Waals surface area contributed by atoms with Crippen molar-refractivity contribution in [3.63, 3.8) is 0 Å². The van der Waals surface area contributed by atoms with Gasteiger partial charge in [-0.3, -0.25) is 0 Å². The molecule has 0 aromatic heterocycles.